The number of hydrogen-bond donors (Lipinski definition) is 4. The lowest BCUT2D eigenvalue weighted by Crippen LogP contribution is -2.51. The van der Waals surface area contributed by atoms with E-state index in [4.69, 9.17) is 15.3 Å². The van der Waals surface area contributed by atoms with Crippen LogP contribution >= 0.6 is 0 Å². The quantitative estimate of drug-likeness (QED) is 0.394. The highest BCUT2D eigenvalue weighted by atomic mass is 16.5. The third-order valence-electron chi connectivity index (χ3n) is 2.14. The van der Waals surface area contributed by atoms with E-state index in [0.29, 0.717) is 13.0 Å². The van der Waals surface area contributed by atoms with Crippen LogP contribution in [-0.4, -0.2) is 40.2 Å². The molecule has 0 aromatic heterocycles. The fourth-order valence-corrected chi connectivity index (χ4v) is 1.50. The summed E-state index contributed by atoms with van der Waals surface area (Å²) in [5, 5.41) is 29.1. The van der Waals surface area contributed by atoms with Crippen LogP contribution in [0.4, 0.5) is 0 Å². The molecule has 1 rings (SSSR count). The molecule has 1 heterocycles. The first-order valence-corrected chi connectivity index (χ1v) is 3.95. The first-order valence-electron chi connectivity index (χ1n) is 3.95. The van der Waals surface area contributed by atoms with Gasteiger partial charge in [-0.1, -0.05) is 0 Å². The Morgan fingerprint density at radius 2 is 2.17 bits per heavy atom. The van der Waals surface area contributed by atoms with Crippen LogP contribution in [0.3, 0.4) is 0 Å². The van der Waals surface area contributed by atoms with Crippen LogP contribution in [0.5, 0.6) is 0 Å². The molecule has 0 aliphatic carbocycles. The Hall–Kier alpha value is -0.650. The maximum Gasteiger partial charge on any atom is 0.308 e. The van der Waals surface area contributed by atoms with Crippen molar-refractivity contribution in [2.24, 2.45) is 5.92 Å². The summed E-state index contributed by atoms with van der Waals surface area (Å²) in [6, 6.07) is -0.726. The summed E-state index contributed by atoms with van der Waals surface area (Å²) in [7, 11) is 0. The molecule has 12 heavy (non-hydrogen) atoms. The van der Waals surface area contributed by atoms with Crippen LogP contribution in [0, 0.1) is 5.92 Å². The van der Waals surface area contributed by atoms with Gasteiger partial charge >= 0.3 is 5.97 Å². The SMILES string of the molecule is O=C(O)C1CCCNC1C(O)O. The maximum atomic E-state index is 10.6. The fourth-order valence-electron chi connectivity index (χ4n) is 1.50. The summed E-state index contributed by atoms with van der Waals surface area (Å²) in [5.74, 6) is -1.65. The average molecular weight is 175 g/mol. The van der Waals surface area contributed by atoms with E-state index in [1.807, 2.05) is 0 Å². The Morgan fingerprint density at radius 3 is 2.58 bits per heavy atom. The number of aliphatic hydroxyl groups is 2. The highest BCUT2D eigenvalue weighted by Gasteiger charge is 2.34. The molecule has 0 aromatic rings. The van der Waals surface area contributed by atoms with Crippen molar-refractivity contribution in [1.82, 2.24) is 5.32 Å². The fraction of sp³-hybridized carbons (Fsp3) is 0.857. The highest BCUT2D eigenvalue weighted by molar-refractivity contribution is 5.71. The predicted molar refractivity (Wildman–Crippen MR) is 40.4 cm³/mol. The van der Waals surface area contributed by atoms with E-state index in [1.54, 1.807) is 0 Å². The van der Waals surface area contributed by atoms with E-state index in [1.165, 1.54) is 0 Å². The summed E-state index contributed by atoms with van der Waals surface area (Å²) in [6.07, 6.45) is -0.323. The van der Waals surface area contributed by atoms with Crippen molar-refractivity contribution < 1.29 is 20.1 Å². The predicted octanol–water partition coefficient (Wildman–Crippen LogP) is -1.25. The van der Waals surface area contributed by atoms with Crippen LogP contribution < -0.4 is 5.32 Å². The Bertz CT molecular complexity index is 171. The first-order chi connectivity index (χ1) is 5.63. The zero-order valence-electron chi connectivity index (χ0n) is 6.60. The van der Waals surface area contributed by atoms with Gasteiger partial charge in [-0.05, 0) is 19.4 Å². The van der Waals surface area contributed by atoms with E-state index in [-0.39, 0.29) is 0 Å². The second-order valence-electron chi connectivity index (χ2n) is 2.98. The second kappa shape index (κ2) is 3.84. The monoisotopic (exact) mass is 175 g/mol. The number of aliphatic hydroxyl groups excluding tert-OH is 1. The zero-order valence-corrected chi connectivity index (χ0v) is 6.60. The molecule has 0 aromatic carbocycles. The van der Waals surface area contributed by atoms with Crippen molar-refractivity contribution in [2.45, 2.75) is 25.2 Å². The van der Waals surface area contributed by atoms with Gasteiger partial charge in [0.2, 0.25) is 0 Å². The van der Waals surface area contributed by atoms with E-state index >= 15 is 0 Å². The average Bonchev–Trinajstić information content (AvgIpc) is 2.04. The number of carboxylic acid groups (broad SMARTS) is 1. The van der Waals surface area contributed by atoms with Crippen LogP contribution in [0.25, 0.3) is 0 Å². The minimum Gasteiger partial charge on any atom is -0.481 e. The van der Waals surface area contributed by atoms with Gasteiger partial charge in [0.15, 0.2) is 6.29 Å². The minimum absolute atomic E-state index is 0.505. The smallest absolute Gasteiger partial charge is 0.308 e. The molecule has 0 amide bonds. The molecule has 70 valence electrons. The lowest BCUT2D eigenvalue weighted by molar-refractivity contribution is -0.151. The molecule has 4 N–H and O–H groups in total. The number of aliphatic carboxylic acids is 1. The minimum atomic E-state index is -1.59. The molecule has 0 spiro atoms. The maximum absolute atomic E-state index is 10.6. The summed E-state index contributed by atoms with van der Waals surface area (Å²) >= 11 is 0. The molecule has 1 fully saturated rings. The molecular formula is C7H13NO4. The normalized spacial score (nSPS) is 30.6. The number of nitrogens with one attached hydrogen (secondary N) is 1. The van der Waals surface area contributed by atoms with Crippen LogP contribution in [0.15, 0.2) is 0 Å². The van der Waals surface area contributed by atoms with Crippen molar-refractivity contribution in [3.63, 3.8) is 0 Å². The Morgan fingerprint density at radius 1 is 1.50 bits per heavy atom. The third-order valence-corrected chi connectivity index (χ3v) is 2.14. The standard InChI is InChI=1S/C7H13NO4/c9-6(10)4-2-1-3-8-5(4)7(11)12/h4-5,7-8,11-12H,1-3H2,(H,9,10). The molecular weight excluding hydrogens is 162 g/mol. The van der Waals surface area contributed by atoms with Crippen LogP contribution in [0.1, 0.15) is 12.8 Å². The Kier molecular flexibility index (Phi) is 3.02. The Labute approximate surface area is 70.0 Å². The van der Waals surface area contributed by atoms with Gasteiger partial charge in [-0.2, -0.15) is 0 Å². The number of carboxylic acids is 1. The lowest BCUT2D eigenvalue weighted by atomic mass is 9.90. The van der Waals surface area contributed by atoms with E-state index < -0.39 is 24.2 Å². The molecule has 1 saturated heterocycles. The third kappa shape index (κ3) is 1.94. The van der Waals surface area contributed by atoms with Crippen molar-refractivity contribution in [3.8, 4) is 0 Å². The van der Waals surface area contributed by atoms with Gasteiger partial charge in [0.1, 0.15) is 0 Å². The molecule has 5 nitrogen and oxygen atoms in total. The van der Waals surface area contributed by atoms with E-state index in [2.05, 4.69) is 5.32 Å². The molecule has 1 aliphatic rings. The topological polar surface area (TPSA) is 89.8 Å². The van der Waals surface area contributed by atoms with E-state index in [0.717, 1.165) is 6.42 Å². The number of rotatable bonds is 2. The van der Waals surface area contributed by atoms with Crippen molar-refractivity contribution >= 4 is 5.97 Å². The summed E-state index contributed by atoms with van der Waals surface area (Å²) < 4.78 is 0. The number of piperidine rings is 1. The Balaban J connectivity index is 2.60. The van der Waals surface area contributed by atoms with Gasteiger partial charge in [0, 0.05) is 0 Å². The first kappa shape index (κ1) is 9.44. The summed E-state index contributed by atoms with van der Waals surface area (Å²) in [6.45, 7) is 0.645. The summed E-state index contributed by atoms with van der Waals surface area (Å²) in [4.78, 5) is 10.6. The molecule has 0 radical (unpaired) electrons. The molecule has 0 saturated carbocycles. The lowest BCUT2D eigenvalue weighted by Gasteiger charge is -2.30. The van der Waals surface area contributed by atoms with Gasteiger partial charge in [-0.25, -0.2) is 0 Å². The molecule has 5 heteroatoms. The highest BCUT2D eigenvalue weighted by Crippen LogP contribution is 2.18. The second-order valence-corrected chi connectivity index (χ2v) is 2.98. The largest absolute Gasteiger partial charge is 0.481 e. The van der Waals surface area contributed by atoms with E-state index in [9.17, 15) is 4.79 Å². The van der Waals surface area contributed by atoms with Gasteiger partial charge < -0.3 is 20.6 Å². The van der Waals surface area contributed by atoms with Gasteiger partial charge in [-0.15, -0.1) is 0 Å². The zero-order chi connectivity index (χ0) is 9.14. The van der Waals surface area contributed by atoms with Gasteiger partial charge in [-0.3, -0.25) is 4.79 Å². The van der Waals surface area contributed by atoms with Gasteiger partial charge in [0.05, 0.1) is 12.0 Å². The van der Waals surface area contributed by atoms with Crippen LogP contribution in [-0.2, 0) is 4.79 Å². The van der Waals surface area contributed by atoms with Crippen molar-refractivity contribution in [1.29, 1.82) is 0 Å². The van der Waals surface area contributed by atoms with Crippen molar-refractivity contribution in [3.05, 3.63) is 0 Å². The summed E-state index contributed by atoms with van der Waals surface area (Å²) in [5.41, 5.74) is 0. The molecule has 2 unspecified atom stereocenters. The van der Waals surface area contributed by atoms with Gasteiger partial charge in [0.25, 0.3) is 0 Å². The van der Waals surface area contributed by atoms with Crippen LogP contribution in [0.2, 0.25) is 0 Å². The molecule has 2 atom stereocenters. The number of hydrogen-bond acceptors (Lipinski definition) is 4. The molecule has 1 aliphatic heterocycles. The van der Waals surface area contributed by atoms with Crippen molar-refractivity contribution in [2.75, 3.05) is 6.54 Å². The number of carbonyl (C=O) groups is 1. The molecule has 0 bridgehead atoms.